The van der Waals surface area contributed by atoms with Crippen LogP contribution in [0.4, 0.5) is 4.39 Å². The number of hydrogen-bond donors (Lipinski definition) is 1. The third-order valence-corrected chi connectivity index (χ3v) is 2.50. The van der Waals surface area contributed by atoms with Crippen molar-refractivity contribution in [2.75, 3.05) is 20.3 Å². The van der Waals surface area contributed by atoms with Crippen molar-refractivity contribution < 1.29 is 18.7 Å². The Balaban J connectivity index is 2.67. The van der Waals surface area contributed by atoms with E-state index in [0.29, 0.717) is 12.1 Å². The summed E-state index contributed by atoms with van der Waals surface area (Å²) in [4.78, 5) is 11.4. The molecule has 100 valence electrons. The molecule has 1 aromatic rings. The first-order chi connectivity index (χ1) is 8.60. The van der Waals surface area contributed by atoms with Crippen molar-refractivity contribution in [1.29, 1.82) is 0 Å². The van der Waals surface area contributed by atoms with Gasteiger partial charge >= 0.3 is 5.97 Å². The van der Waals surface area contributed by atoms with Gasteiger partial charge in [0.05, 0.1) is 7.11 Å². The SMILES string of the molecule is CCNC(COc1cccc(C)c1F)C(=O)OC. The molecule has 0 heterocycles. The number of halogens is 1. The summed E-state index contributed by atoms with van der Waals surface area (Å²) in [6.45, 7) is 4.15. The summed E-state index contributed by atoms with van der Waals surface area (Å²) in [6.07, 6.45) is 0. The van der Waals surface area contributed by atoms with Gasteiger partial charge in [0.2, 0.25) is 0 Å². The number of likely N-dealkylation sites (N-methyl/N-ethyl adjacent to an activating group) is 1. The first-order valence-electron chi connectivity index (χ1n) is 5.79. The van der Waals surface area contributed by atoms with Crippen molar-refractivity contribution in [2.24, 2.45) is 0 Å². The Kier molecular flexibility index (Phi) is 5.58. The zero-order valence-corrected chi connectivity index (χ0v) is 10.8. The van der Waals surface area contributed by atoms with Gasteiger partial charge in [0.1, 0.15) is 12.6 Å². The van der Waals surface area contributed by atoms with Gasteiger partial charge in [-0.15, -0.1) is 0 Å². The molecule has 0 saturated heterocycles. The molecule has 1 rings (SSSR count). The number of aryl methyl sites for hydroxylation is 1. The molecule has 0 bridgehead atoms. The summed E-state index contributed by atoms with van der Waals surface area (Å²) < 4.78 is 23.6. The fourth-order valence-electron chi connectivity index (χ4n) is 1.50. The Labute approximate surface area is 106 Å². The highest BCUT2D eigenvalue weighted by Gasteiger charge is 2.19. The molecule has 0 radical (unpaired) electrons. The Morgan fingerprint density at radius 3 is 2.83 bits per heavy atom. The molecule has 0 fully saturated rings. The van der Waals surface area contributed by atoms with Gasteiger partial charge in [-0.25, -0.2) is 4.39 Å². The standard InChI is InChI=1S/C13H18FNO3/c1-4-15-10(13(16)17-3)8-18-11-7-5-6-9(2)12(11)14/h5-7,10,15H,4,8H2,1-3H3. The smallest absolute Gasteiger partial charge is 0.326 e. The molecule has 1 aromatic carbocycles. The van der Waals surface area contributed by atoms with Gasteiger partial charge in [-0.05, 0) is 25.1 Å². The summed E-state index contributed by atoms with van der Waals surface area (Å²) in [7, 11) is 1.31. The van der Waals surface area contributed by atoms with E-state index >= 15 is 0 Å². The molecule has 18 heavy (non-hydrogen) atoms. The molecule has 0 aliphatic rings. The number of ether oxygens (including phenoxy) is 2. The van der Waals surface area contributed by atoms with Crippen LogP contribution in [0.1, 0.15) is 12.5 Å². The minimum Gasteiger partial charge on any atom is -0.488 e. The zero-order chi connectivity index (χ0) is 13.5. The number of carbonyl (C=O) groups excluding carboxylic acids is 1. The van der Waals surface area contributed by atoms with E-state index in [2.05, 4.69) is 10.1 Å². The maximum Gasteiger partial charge on any atom is 0.326 e. The summed E-state index contributed by atoms with van der Waals surface area (Å²) in [5.74, 6) is -0.690. The first kappa shape index (κ1) is 14.4. The lowest BCUT2D eigenvalue weighted by Crippen LogP contribution is -2.42. The van der Waals surface area contributed by atoms with Gasteiger partial charge < -0.3 is 14.8 Å². The van der Waals surface area contributed by atoms with Crippen LogP contribution >= 0.6 is 0 Å². The second-order valence-electron chi connectivity index (χ2n) is 3.83. The number of benzene rings is 1. The predicted octanol–water partition coefficient (Wildman–Crippen LogP) is 1.66. The zero-order valence-electron chi connectivity index (χ0n) is 10.8. The molecule has 0 aliphatic heterocycles. The van der Waals surface area contributed by atoms with E-state index in [4.69, 9.17) is 4.74 Å². The van der Waals surface area contributed by atoms with Crippen molar-refractivity contribution in [1.82, 2.24) is 5.32 Å². The molecule has 1 N–H and O–H groups in total. The van der Waals surface area contributed by atoms with E-state index in [-0.39, 0.29) is 12.4 Å². The Hall–Kier alpha value is -1.62. The Bertz CT molecular complexity index is 409. The molecule has 0 spiro atoms. The Morgan fingerprint density at radius 1 is 1.50 bits per heavy atom. The van der Waals surface area contributed by atoms with Crippen LogP contribution in [-0.2, 0) is 9.53 Å². The van der Waals surface area contributed by atoms with Crippen LogP contribution in [0.15, 0.2) is 18.2 Å². The minimum absolute atomic E-state index is 0.0287. The van der Waals surface area contributed by atoms with E-state index < -0.39 is 17.8 Å². The summed E-state index contributed by atoms with van der Waals surface area (Å²) in [6, 6.07) is 4.29. The van der Waals surface area contributed by atoms with Crippen LogP contribution in [-0.4, -0.2) is 32.3 Å². The molecule has 5 heteroatoms. The average molecular weight is 255 g/mol. The van der Waals surface area contributed by atoms with E-state index in [1.807, 2.05) is 6.92 Å². The normalized spacial score (nSPS) is 12.0. The fraction of sp³-hybridized carbons (Fsp3) is 0.462. The van der Waals surface area contributed by atoms with Crippen molar-refractivity contribution in [2.45, 2.75) is 19.9 Å². The lowest BCUT2D eigenvalue weighted by Gasteiger charge is -2.16. The Morgan fingerprint density at radius 2 is 2.22 bits per heavy atom. The van der Waals surface area contributed by atoms with Crippen LogP contribution in [0, 0.1) is 12.7 Å². The lowest BCUT2D eigenvalue weighted by molar-refractivity contribution is -0.143. The molecular weight excluding hydrogens is 237 g/mol. The van der Waals surface area contributed by atoms with E-state index in [9.17, 15) is 9.18 Å². The van der Waals surface area contributed by atoms with Gasteiger partial charge in [0.15, 0.2) is 11.6 Å². The third-order valence-electron chi connectivity index (χ3n) is 2.50. The second kappa shape index (κ2) is 6.96. The largest absolute Gasteiger partial charge is 0.488 e. The summed E-state index contributed by atoms with van der Waals surface area (Å²) in [5, 5.41) is 2.92. The molecular formula is C13H18FNO3. The van der Waals surface area contributed by atoms with Crippen molar-refractivity contribution in [3.05, 3.63) is 29.6 Å². The number of esters is 1. The maximum absolute atomic E-state index is 13.7. The van der Waals surface area contributed by atoms with Gasteiger partial charge in [0.25, 0.3) is 0 Å². The monoisotopic (exact) mass is 255 g/mol. The van der Waals surface area contributed by atoms with Gasteiger partial charge in [-0.3, -0.25) is 4.79 Å². The molecule has 0 saturated carbocycles. The van der Waals surface area contributed by atoms with Gasteiger partial charge in [-0.1, -0.05) is 19.1 Å². The summed E-state index contributed by atoms with van der Waals surface area (Å²) in [5.41, 5.74) is 0.505. The van der Waals surface area contributed by atoms with Gasteiger partial charge in [0, 0.05) is 0 Å². The van der Waals surface area contributed by atoms with E-state index in [1.165, 1.54) is 13.2 Å². The van der Waals surface area contributed by atoms with Crippen LogP contribution < -0.4 is 10.1 Å². The maximum atomic E-state index is 13.7. The third kappa shape index (κ3) is 3.70. The molecule has 1 unspecified atom stereocenters. The number of methoxy groups -OCH3 is 1. The van der Waals surface area contributed by atoms with Crippen LogP contribution in [0.3, 0.4) is 0 Å². The lowest BCUT2D eigenvalue weighted by atomic mass is 10.2. The van der Waals surface area contributed by atoms with E-state index in [1.54, 1.807) is 19.1 Å². The van der Waals surface area contributed by atoms with Crippen LogP contribution in [0.5, 0.6) is 5.75 Å². The van der Waals surface area contributed by atoms with Crippen LogP contribution in [0.2, 0.25) is 0 Å². The molecule has 0 aliphatic carbocycles. The predicted molar refractivity (Wildman–Crippen MR) is 66.1 cm³/mol. The molecule has 1 atom stereocenters. The van der Waals surface area contributed by atoms with Gasteiger partial charge in [-0.2, -0.15) is 0 Å². The highest BCUT2D eigenvalue weighted by molar-refractivity contribution is 5.75. The number of rotatable bonds is 6. The molecule has 0 aromatic heterocycles. The van der Waals surface area contributed by atoms with E-state index in [0.717, 1.165) is 0 Å². The number of hydrogen-bond acceptors (Lipinski definition) is 4. The topological polar surface area (TPSA) is 47.6 Å². The number of carbonyl (C=O) groups is 1. The highest BCUT2D eigenvalue weighted by atomic mass is 19.1. The number of nitrogens with one attached hydrogen (secondary N) is 1. The van der Waals surface area contributed by atoms with Crippen molar-refractivity contribution in [3.63, 3.8) is 0 Å². The highest BCUT2D eigenvalue weighted by Crippen LogP contribution is 2.19. The van der Waals surface area contributed by atoms with Crippen molar-refractivity contribution in [3.8, 4) is 5.75 Å². The minimum atomic E-state index is -0.597. The first-order valence-corrected chi connectivity index (χ1v) is 5.79. The van der Waals surface area contributed by atoms with Crippen molar-refractivity contribution >= 4 is 5.97 Å². The molecule has 4 nitrogen and oxygen atoms in total. The molecule has 0 amide bonds. The van der Waals surface area contributed by atoms with Crippen LogP contribution in [0.25, 0.3) is 0 Å². The average Bonchev–Trinajstić information content (AvgIpc) is 2.38. The summed E-state index contributed by atoms with van der Waals surface area (Å²) >= 11 is 0. The fourth-order valence-corrected chi connectivity index (χ4v) is 1.50. The quantitative estimate of drug-likeness (QED) is 0.785. The second-order valence-corrected chi connectivity index (χ2v) is 3.83.